The van der Waals surface area contributed by atoms with Crippen LogP contribution >= 0.6 is 11.3 Å². The van der Waals surface area contributed by atoms with Gasteiger partial charge in [-0.25, -0.2) is 4.39 Å². The minimum Gasteiger partial charge on any atom is -0.496 e. The zero-order valence-corrected chi connectivity index (χ0v) is 17.4. The number of thiophene rings is 1. The van der Waals surface area contributed by atoms with E-state index in [4.69, 9.17) is 9.15 Å². The number of hydrogen-bond donors (Lipinski definition) is 0. The van der Waals surface area contributed by atoms with E-state index in [2.05, 4.69) is 6.07 Å². The van der Waals surface area contributed by atoms with Gasteiger partial charge in [0, 0.05) is 9.75 Å². The summed E-state index contributed by atoms with van der Waals surface area (Å²) in [6.07, 6.45) is 1.43. The summed E-state index contributed by atoms with van der Waals surface area (Å²) in [5, 5.41) is 0. The predicted octanol–water partition coefficient (Wildman–Crippen LogP) is 6.31. The molecule has 0 N–H and O–H groups in total. The summed E-state index contributed by atoms with van der Waals surface area (Å²) in [6, 6.07) is 19.5. The van der Waals surface area contributed by atoms with Gasteiger partial charge in [0.25, 0.3) is 5.91 Å². The lowest BCUT2D eigenvalue weighted by Crippen LogP contribution is -2.30. The summed E-state index contributed by atoms with van der Waals surface area (Å²) in [5.74, 6) is 0.159. The largest absolute Gasteiger partial charge is 0.496 e. The van der Waals surface area contributed by atoms with Gasteiger partial charge in [0.05, 0.1) is 25.6 Å². The van der Waals surface area contributed by atoms with Crippen molar-refractivity contribution in [1.29, 1.82) is 0 Å². The molecule has 0 aliphatic heterocycles. The van der Waals surface area contributed by atoms with Gasteiger partial charge in [0.1, 0.15) is 11.6 Å². The molecule has 0 saturated heterocycles. The highest BCUT2D eigenvalue weighted by Crippen LogP contribution is 2.33. The van der Waals surface area contributed by atoms with Crippen LogP contribution in [0, 0.1) is 12.7 Å². The molecule has 4 rings (SSSR count). The smallest absolute Gasteiger partial charge is 0.294 e. The quantitative estimate of drug-likeness (QED) is 0.366. The maximum absolute atomic E-state index is 14.5. The minimum atomic E-state index is -0.458. The molecule has 0 atom stereocenters. The molecule has 0 unspecified atom stereocenters. The number of anilines is 1. The van der Waals surface area contributed by atoms with Crippen LogP contribution in [0.5, 0.6) is 5.75 Å². The predicted molar refractivity (Wildman–Crippen MR) is 117 cm³/mol. The molecule has 152 valence electrons. The van der Waals surface area contributed by atoms with Gasteiger partial charge in [0.2, 0.25) is 0 Å². The van der Waals surface area contributed by atoms with Crippen molar-refractivity contribution in [2.24, 2.45) is 0 Å². The van der Waals surface area contributed by atoms with Crippen molar-refractivity contribution >= 4 is 22.9 Å². The Labute approximate surface area is 178 Å². The number of rotatable bonds is 6. The number of nitrogens with zero attached hydrogens (tertiary/aromatic N) is 1. The number of methoxy groups -OCH3 is 1. The maximum atomic E-state index is 14.5. The van der Waals surface area contributed by atoms with Gasteiger partial charge < -0.3 is 9.15 Å². The molecule has 2 aromatic carbocycles. The van der Waals surface area contributed by atoms with E-state index < -0.39 is 5.82 Å². The molecule has 2 heterocycles. The standard InChI is InChI=1S/C24H20FNO3S/c1-16-14-17(9-11-21(16)28-2)23-12-10-18(30-23)15-26(20-7-4-3-6-19(20)25)24(27)22-8-5-13-29-22/h3-14H,15H2,1-2H3. The number of amides is 1. The van der Waals surface area contributed by atoms with Gasteiger partial charge in [-0.15, -0.1) is 11.3 Å². The lowest BCUT2D eigenvalue weighted by molar-refractivity contribution is 0.0957. The van der Waals surface area contributed by atoms with Crippen molar-refractivity contribution in [2.45, 2.75) is 13.5 Å². The molecule has 0 aliphatic rings. The monoisotopic (exact) mass is 421 g/mol. The Hall–Kier alpha value is -3.38. The Morgan fingerprint density at radius 2 is 1.93 bits per heavy atom. The Morgan fingerprint density at radius 1 is 1.10 bits per heavy atom. The van der Waals surface area contributed by atoms with Crippen LogP contribution in [-0.4, -0.2) is 13.0 Å². The first-order valence-electron chi connectivity index (χ1n) is 9.40. The lowest BCUT2D eigenvalue weighted by atomic mass is 10.1. The van der Waals surface area contributed by atoms with Crippen molar-refractivity contribution in [2.75, 3.05) is 12.0 Å². The summed E-state index contributed by atoms with van der Waals surface area (Å²) < 4.78 is 25.1. The number of ether oxygens (including phenoxy) is 1. The van der Waals surface area contributed by atoms with Gasteiger partial charge in [-0.3, -0.25) is 9.69 Å². The highest BCUT2D eigenvalue weighted by atomic mass is 32.1. The van der Waals surface area contributed by atoms with E-state index in [9.17, 15) is 9.18 Å². The van der Waals surface area contributed by atoms with Crippen LogP contribution in [0.4, 0.5) is 10.1 Å². The molecule has 6 heteroatoms. The fourth-order valence-electron chi connectivity index (χ4n) is 3.28. The second kappa shape index (κ2) is 8.55. The van der Waals surface area contributed by atoms with E-state index in [0.717, 1.165) is 26.6 Å². The van der Waals surface area contributed by atoms with E-state index >= 15 is 0 Å². The SMILES string of the molecule is COc1ccc(-c2ccc(CN(C(=O)c3ccco3)c3ccccc3F)s2)cc1C. The third-order valence-electron chi connectivity index (χ3n) is 4.78. The Kier molecular flexibility index (Phi) is 5.68. The lowest BCUT2D eigenvalue weighted by Gasteiger charge is -2.21. The van der Waals surface area contributed by atoms with Gasteiger partial charge in [0.15, 0.2) is 5.76 Å². The maximum Gasteiger partial charge on any atom is 0.294 e. The normalized spacial score (nSPS) is 10.8. The molecule has 0 saturated carbocycles. The van der Waals surface area contributed by atoms with E-state index in [1.54, 1.807) is 48.8 Å². The number of furan rings is 1. The van der Waals surface area contributed by atoms with Crippen molar-refractivity contribution < 1.29 is 18.3 Å². The molecule has 0 spiro atoms. The third kappa shape index (κ3) is 4.00. The van der Waals surface area contributed by atoms with Gasteiger partial charge in [-0.1, -0.05) is 12.1 Å². The first kappa shape index (κ1) is 19.9. The summed E-state index contributed by atoms with van der Waals surface area (Å²) in [5.41, 5.74) is 2.33. The first-order valence-corrected chi connectivity index (χ1v) is 10.2. The fraction of sp³-hybridized carbons (Fsp3) is 0.125. The number of benzene rings is 2. The van der Waals surface area contributed by atoms with Gasteiger partial charge >= 0.3 is 0 Å². The molecule has 0 radical (unpaired) electrons. The number of para-hydroxylation sites is 1. The van der Waals surface area contributed by atoms with E-state index in [0.29, 0.717) is 0 Å². The average Bonchev–Trinajstić information content (AvgIpc) is 3.44. The highest BCUT2D eigenvalue weighted by molar-refractivity contribution is 7.15. The summed E-state index contributed by atoms with van der Waals surface area (Å²) in [6.45, 7) is 2.24. The molecule has 4 aromatic rings. The van der Waals surface area contributed by atoms with E-state index in [1.165, 1.54) is 17.2 Å². The number of hydrogen-bond acceptors (Lipinski definition) is 4. The first-order chi connectivity index (χ1) is 14.6. The molecule has 0 bridgehead atoms. The van der Waals surface area contributed by atoms with Crippen LogP contribution in [0.1, 0.15) is 21.0 Å². The molecular weight excluding hydrogens is 401 g/mol. The van der Waals surface area contributed by atoms with Gasteiger partial charge in [-0.2, -0.15) is 0 Å². The summed E-state index contributed by atoms with van der Waals surface area (Å²) >= 11 is 1.56. The molecule has 0 fully saturated rings. The van der Waals surface area contributed by atoms with Crippen LogP contribution < -0.4 is 9.64 Å². The van der Waals surface area contributed by atoms with E-state index in [1.807, 2.05) is 31.2 Å². The molecule has 1 amide bonds. The van der Waals surface area contributed by atoms with Gasteiger partial charge in [-0.05, 0) is 72.6 Å². The van der Waals surface area contributed by atoms with Crippen LogP contribution in [0.25, 0.3) is 10.4 Å². The molecule has 4 nitrogen and oxygen atoms in total. The topological polar surface area (TPSA) is 42.7 Å². The highest BCUT2D eigenvalue weighted by Gasteiger charge is 2.23. The molecule has 2 aromatic heterocycles. The van der Waals surface area contributed by atoms with E-state index in [-0.39, 0.29) is 23.9 Å². The molecular formula is C24H20FNO3S. The van der Waals surface area contributed by atoms with Crippen molar-refractivity contribution in [3.8, 4) is 16.2 Å². The minimum absolute atomic E-state index is 0.167. The summed E-state index contributed by atoms with van der Waals surface area (Å²) in [4.78, 5) is 16.4. The van der Waals surface area contributed by atoms with Crippen LogP contribution in [0.3, 0.4) is 0 Å². The number of halogens is 1. The molecule has 0 aliphatic carbocycles. The Morgan fingerprint density at radius 3 is 2.63 bits per heavy atom. The van der Waals surface area contributed by atoms with Crippen molar-refractivity contribution in [3.63, 3.8) is 0 Å². The van der Waals surface area contributed by atoms with Crippen molar-refractivity contribution in [1.82, 2.24) is 0 Å². The third-order valence-corrected chi connectivity index (χ3v) is 5.89. The number of carbonyl (C=O) groups excluding carboxylic acids is 1. The zero-order valence-electron chi connectivity index (χ0n) is 16.6. The fourth-order valence-corrected chi connectivity index (χ4v) is 4.27. The Balaban J connectivity index is 1.65. The summed E-state index contributed by atoms with van der Waals surface area (Å²) in [7, 11) is 1.65. The zero-order chi connectivity index (χ0) is 21.1. The molecule has 30 heavy (non-hydrogen) atoms. The number of aryl methyl sites for hydroxylation is 1. The van der Waals surface area contributed by atoms with Crippen LogP contribution in [0.2, 0.25) is 0 Å². The van der Waals surface area contributed by atoms with Crippen LogP contribution in [-0.2, 0) is 6.54 Å². The average molecular weight is 421 g/mol. The number of carbonyl (C=O) groups is 1. The Bertz CT molecular complexity index is 1170. The second-order valence-electron chi connectivity index (χ2n) is 6.77. The second-order valence-corrected chi connectivity index (χ2v) is 7.94. The van der Waals surface area contributed by atoms with Crippen LogP contribution in [0.15, 0.2) is 77.4 Å². The van der Waals surface area contributed by atoms with Crippen molar-refractivity contribution in [3.05, 3.63) is 95.0 Å².